The van der Waals surface area contributed by atoms with Crippen LogP contribution in [0.1, 0.15) is 36.5 Å². The maximum Gasteiger partial charge on any atom is 0.257 e. The SMILES string of the molecule is CCC1CCCN1C(=O)c1cc(Cl)nnc1Cl. The summed E-state index contributed by atoms with van der Waals surface area (Å²) in [5, 5.41) is 7.56. The zero-order chi connectivity index (χ0) is 12.4. The lowest BCUT2D eigenvalue weighted by Crippen LogP contribution is -2.35. The molecule has 1 aromatic rings. The molecule has 0 saturated carbocycles. The van der Waals surface area contributed by atoms with Gasteiger partial charge in [-0.1, -0.05) is 30.1 Å². The van der Waals surface area contributed by atoms with Crippen LogP contribution in [-0.2, 0) is 0 Å². The van der Waals surface area contributed by atoms with Gasteiger partial charge in [-0.2, -0.15) is 0 Å². The second-order valence-corrected chi connectivity index (χ2v) is 4.82. The van der Waals surface area contributed by atoms with E-state index in [2.05, 4.69) is 17.1 Å². The highest BCUT2D eigenvalue weighted by atomic mass is 35.5. The van der Waals surface area contributed by atoms with E-state index >= 15 is 0 Å². The summed E-state index contributed by atoms with van der Waals surface area (Å²) in [4.78, 5) is 14.2. The van der Waals surface area contributed by atoms with Crippen LogP contribution in [0.5, 0.6) is 0 Å². The molecule has 0 N–H and O–H groups in total. The second-order valence-electron chi connectivity index (χ2n) is 4.07. The first kappa shape index (κ1) is 12.6. The Labute approximate surface area is 110 Å². The lowest BCUT2D eigenvalue weighted by atomic mass is 10.1. The number of halogens is 2. The van der Waals surface area contributed by atoms with Gasteiger partial charge in [0.2, 0.25) is 0 Å². The smallest absolute Gasteiger partial charge is 0.257 e. The number of rotatable bonds is 2. The molecule has 1 aliphatic heterocycles. The zero-order valence-corrected chi connectivity index (χ0v) is 11.0. The fraction of sp³-hybridized carbons (Fsp3) is 0.545. The summed E-state index contributed by atoms with van der Waals surface area (Å²) < 4.78 is 0. The van der Waals surface area contributed by atoms with E-state index in [0.717, 1.165) is 25.8 Å². The van der Waals surface area contributed by atoms with Gasteiger partial charge >= 0.3 is 0 Å². The molecule has 1 atom stereocenters. The van der Waals surface area contributed by atoms with Gasteiger partial charge in [0.15, 0.2) is 10.3 Å². The first-order valence-corrected chi connectivity index (χ1v) is 6.38. The van der Waals surface area contributed by atoms with Gasteiger partial charge in [-0.15, -0.1) is 10.2 Å². The van der Waals surface area contributed by atoms with Crippen LogP contribution < -0.4 is 0 Å². The number of carbonyl (C=O) groups excluding carboxylic acids is 1. The number of hydrogen-bond acceptors (Lipinski definition) is 3. The summed E-state index contributed by atoms with van der Waals surface area (Å²) in [7, 11) is 0. The average Bonchev–Trinajstić information content (AvgIpc) is 2.79. The average molecular weight is 274 g/mol. The number of hydrogen-bond donors (Lipinski definition) is 0. The minimum absolute atomic E-state index is 0.101. The molecule has 1 amide bonds. The van der Waals surface area contributed by atoms with Crippen LogP contribution >= 0.6 is 23.2 Å². The molecule has 0 radical (unpaired) electrons. The Balaban J connectivity index is 2.27. The Kier molecular flexibility index (Phi) is 3.84. The standard InChI is InChI=1S/C11H13Cl2N3O/c1-2-7-4-3-5-16(7)11(17)8-6-9(12)14-15-10(8)13/h6-7H,2-5H2,1H3. The first-order chi connectivity index (χ1) is 8.13. The van der Waals surface area contributed by atoms with Gasteiger partial charge in [-0.05, 0) is 25.3 Å². The van der Waals surface area contributed by atoms with Crippen LogP contribution in [0, 0.1) is 0 Å². The monoisotopic (exact) mass is 273 g/mol. The van der Waals surface area contributed by atoms with E-state index in [1.54, 1.807) is 0 Å². The molecule has 1 aromatic heterocycles. The van der Waals surface area contributed by atoms with Crippen LogP contribution in [-0.4, -0.2) is 33.6 Å². The van der Waals surface area contributed by atoms with Crippen LogP contribution in [0.25, 0.3) is 0 Å². The molecule has 4 nitrogen and oxygen atoms in total. The number of likely N-dealkylation sites (tertiary alicyclic amines) is 1. The molecule has 1 saturated heterocycles. The van der Waals surface area contributed by atoms with Gasteiger partial charge in [-0.3, -0.25) is 4.79 Å². The van der Waals surface area contributed by atoms with Gasteiger partial charge in [0, 0.05) is 12.6 Å². The van der Waals surface area contributed by atoms with Crippen molar-refractivity contribution in [3.63, 3.8) is 0 Å². The van der Waals surface area contributed by atoms with E-state index in [-0.39, 0.29) is 16.2 Å². The predicted molar refractivity (Wildman–Crippen MR) is 66.4 cm³/mol. The first-order valence-electron chi connectivity index (χ1n) is 5.63. The molecule has 0 bridgehead atoms. The highest BCUT2D eigenvalue weighted by Crippen LogP contribution is 2.25. The molecular weight excluding hydrogens is 261 g/mol. The van der Waals surface area contributed by atoms with E-state index in [9.17, 15) is 4.79 Å². The summed E-state index contributed by atoms with van der Waals surface area (Å²) in [6.45, 7) is 2.85. The highest BCUT2D eigenvalue weighted by Gasteiger charge is 2.29. The molecular formula is C11H13Cl2N3O. The number of carbonyl (C=O) groups is 1. The molecule has 1 aliphatic rings. The van der Waals surface area contributed by atoms with E-state index in [1.165, 1.54) is 6.07 Å². The van der Waals surface area contributed by atoms with Crippen LogP contribution in [0.15, 0.2) is 6.07 Å². The number of amides is 1. The second kappa shape index (κ2) is 5.19. The minimum Gasteiger partial charge on any atom is -0.336 e. The molecule has 92 valence electrons. The fourth-order valence-corrected chi connectivity index (χ4v) is 2.51. The van der Waals surface area contributed by atoms with Crippen LogP contribution in [0.2, 0.25) is 10.3 Å². The van der Waals surface area contributed by atoms with Crippen molar-refractivity contribution < 1.29 is 4.79 Å². The summed E-state index contributed by atoms with van der Waals surface area (Å²) in [6.07, 6.45) is 3.04. The van der Waals surface area contributed by atoms with Gasteiger partial charge in [0.25, 0.3) is 5.91 Å². The van der Waals surface area contributed by atoms with Gasteiger partial charge in [0.05, 0.1) is 5.56 Å². The minimum atomic E-state index is -0.101. The molecule has 17 heavy (non-hydrogen) atoms. The van der Waals surface area contributed by atoms with E-state index < -0.39 is 0 Å². The van der Waals surface area contributed by atoms with Crippen LogP contribution in [0.3, 0.4) is 0 Å². The summed E-state index contributed by atoms with van der Waals surface area (Å²) >= 11 is 11.6. The molecule has 1 fully saturated rings. The van der Waals surface area contributed by atoms with Crippen LogP contribution in [0.4, 0.5) is 0 Å². The molecule has 0 aliphatic carbocycles. The Morgan fingerprint density at radius 1 is 1.53 bits per heavy atom. The van der Waals surface area contributed by atoms with Crippen molar-refractivity contribution in [2.75, 3.05) is 6.54 Å². The zero-order valence-electron chi connectivity index (χ0n) is 9.49. The summed E-state index contributed by atoms with van der Waals surface area (Å²) in [6, 6.07) is 1.77. The van der Waals surface area contributed by atoms with Crippen molar-refractivity contribution in [3.05, 3.63) is 21.9 Å². The highest BCUT2D eigenvalue weighted by molar-refractivity contribution is 6.34. The fourth-order valence-electron chi connectivity index (χ4n) is 2.19. The topological polar surface area (TPSA) is 46.1 Å². The maximum absolute atomic E-state index is 12.3. The van der Waals surface area contributed by atoms with Gasteiger partial charge in [-0.25, -0.2) is 0 Å². The van der Waals surface area contributed by atoms with Crippen molar-refractivity contribution in [2.24, 2.45) is 0 Å². The van der Waals surface area contributed by atoms with E-state index in [1.807, 2.05) is 4.90 Å². The molecule has 6 heteroatoms. The van der Waals surface area contributed by atoms with E-state index in [0.29, 0.717) is 11.6 Å². The molecule has 0 spiro atoms. The third-order valence-electron chi connectivity index (χ3n) is 3.06. The van der Waals surface area contributed by atoms with Crippen molar-refractivity contribution in [1.29, 1.82) is 0 Å². The van der Waals surface area contributed by atoms with E-state index in [4.69, 9.17) is 23.2 Å². The van der Waals surface area contributed by atoms with Crippen molar-refractivity contribution in [1.82, 2.24) is 15.1 Å². The molecule has 1 unspecified atom stereocenters. The Bertz CT molecular complexity index is 439. The summed E-state index contributed by atoms with van der Waals surface area (Å²) in [5.41, 5.74) is 0.340. The molecule has 2 heterocycles. The lowest BCUT2D eigenvalue weighted by Gasteiger charge is -2.23. The molecule has 0 aromatic carbocycles. The van der Waals surface area contributed by atoms with Crippen molar-refractivity contribution in [2.45, 2.75) is 32.2 Å². The quantitative estimate of drug-likeness (QED) is 0.833. The Morgan fingerprint density at radius 3 is 3.00 bits per heavy atom. The Morgan fingerprint density at radius 2 is 2.29 bits per heavy atom. The third kappa shape index (κ3) is 2.53. The summed E-state index contributed by atoms with van der Waals surface area (Å²) in [5.74, 6) is -0.101. The predicted octanol–water partition coefficient (Wildman–Crippen LogP) is 2.80. The number of aromatic nitrogens is 2. The Hall–Kier alpha value is -0.870. The van der Waals surface area contributed by atoms with Crippen molar-refractivity contribution in [3.8, 4) is 0 Å². The third-order valence-corrected chi connectivity index (χ3v) is 3.52. The maximum atomic E-state index is 12.3. The van der Waals surface area contributed by atoms with Gasteiger partial charge in [0.1, 0.15) is 0 Å². The molecule has 2 rings (SSSR count). The number of nitrogens with zero attached hydrogens (tertiary/aromatic N) is 3. The van der Waals surface area contributed by atoms with Gasteiger partial charge < -0.3 is 4.90 Å². The lowest BCUT2D eigenvalue weighted by molar-refractivity contribution is 0.0733. The normalized spacial score (nSPS) is 19.7. The largest absolute Gasteiger partial charge is 0.336 e. The van der Waals surface area contributed by atoms with Crippen molar-refractivity contribution >= 4 is 29.1 Å².